The summed E-state index contributed by atoms with van der Waals surface area (Å²) in [5.41, 5.74) is 0. The fraction of sp³-hybridized carbons (Fsp3) is 0.125. The summed E-state index contributed by atoms with van der Waals surface area (Å²) in [6.07, 6.45) is 4.17. The van der Waals surface area contributed by atoms with Crippen LogP contribution in [0.4, 0.5) is 0 Å². The molecule has 0 amide bonds. The van der Waals surface area contributed by atoms with Crippen molar-refractivity contribution >= 4 is 23.1 Å². The van der Waals surface area contributed by atoms with Crippen molar-refractivity contribution in [2.75, 3.05) is 0 Å². The molecular weight excluding hydrogens is 160 g/mol. The molecule has 2 rings (SSSR count). The van der Waals surface area contributed by atoms with Gasteiger partial charge in [0.25, 0.3) is 0 Å². The molecule has 0 saturated heterocycles. The van der Waals surface area contributed by atoms with E-state index >= 15 is 0 Å². The minimum absolute atomic E-state index is 0.542. The Labute approximate surface area is 69.0 Å². The van der Waals surface area contributed by atoms with Crippen LogP contribution in [-0.2, 0) is 0 Å². The summed E-state index contributed by atoms with van der Waals surface area (Å²) in [6, 6.07) is 4.26. The van der Waals surface area contributed by atoms with Gasteiger partial charge in [-0.1, -0.05) is 18.2 Å². The fourth-order valence-electron chi connectivity index (χ4n) is 0.885. The Hall–Kier alpha value is -0.210. The van der Waals surface area contributed by atoms with E-state index in [4.69, 9.17) is 0 Å². The molecule has 1 aromatic heterocycles. The second kappa shape index (κ2) is 2.81. The van der Waals surface area contributed by atoms with E-state index in [9.17, 15) is 0 Å². The number of hydrogen-bond acceptors (Lipinski definition) is 2. The first-order valence-corrected chi connectivity index (χ1v) is 4.84. The van der Waals surface area contributed by atoms with Gasteiger partial charge in [0.2, 0.25) is 0 Å². The van der Waals surface area contributed by atoms with Crippen molar-refractivity contribution in [3.63, 3.8) is 0 Å². The van der Waals surface area contributed by atoms with Gasteiger partial charge < -0.3 is 0 Å². The van der Waals surface area contributed by atoms with Crippen LogP contribution >= 0.6 is 23.1 Å². The number of rotatable bonds is 1. The summed E-state index contributed by atoms with van der Waals surface area (Å²) in [6.45, 7) is 0. The maximum absolute atomic E-state index is 3.10. The van der Waals surface area contributed by atoms with Crippen LogP contribution in [0.15, 0.2) is 29.7 Å². The van der Waals surface area contributed by atoms with Crippen LogP contribution < -0.4 is 0 Å². The molecule has 2 heteroatoms. The molecule has 2 heterocycles. The Kier molecular flexibility index (Phi) is 1.82. The molecule has 0 bridgehead atoms. The predicted molar refractivity (Wildman–Crippen MR) is 47.0 cm³/mol. The molecule has 0 nitrogen and oxygen atoms in total. The second-order valence-electron chi connectivity index (χ2n) is 2.03. The van der Waals surface area contributed by atoms with Crippen LogP contribution in [-0.4, -0.2) is 0 Å². The van der Waals surface area contributed by atoms with Gasteiger partial charge in [-0.3, -0.25) is 0 Å². The van der Waals surface area contributed by atoms with E-state index < -0.39 is 0 Å². The number of hydrogen-bond donors (Lipinski definition) is 0. The normalized spacial score (nSPS) is 23.8. The average Bonchev–Trinajstić information content (AvgIpc) is 2.59. The summed E-state index contributed by atoms with van der Waals surface area (Å²) >= 11 is 3.56. The fourth-order valence-corrected chi connectivity index (χ4v) is 2.54. The molecule has 0 fully saturated rings. The van der Waals surface area contributed by atoms with Crippen LogP contribution in [0.5, 0.6) is 0 Å². The molecule has 50 valence electrons. The van der Waals surface area contributed by atoms with Crippen molar-refractivity contribution in [3.8, 4) is 0 Å². The zero-order chi connectivity index (χ0) is 6.81. The molecule has 0 N–H and O–H groups in total. The summed E-state index contributed by atoms with van der Waals surface area (Å²) in [4.78, 5) is 1.42. The molecule has 0 aliphatic carbocycles. The standard InChI is InChI=1S/C8H6S2/c1-3-7(9-5-1)8-4-2-6-10-8/h1-5,8H. The SMILES string of the molecule is [C]1C=CC(c2cccs2)S1. The summed E-state index contributed by atoms with van der Waals surface area (Å²) in [7, 11) is 0. The highest BCUT2D eigenvalue weighted by atomic mass is 32.2. The minimum Gasteiger partial charge on any atom is -0.147 e. The van der Waals surface area contributed by atoms with E-state index in [1.165, 1.54) is 4.88 Å². The lowest BCUT2D eigenvalue weighted by Crippen LogP contribution is -1.77. The minimum atomic E-state index is 0.542. The first kappa shape index (κ1) is 6.50. The lowest BCUT2D eigenvalue weighted by Gasteiger charge is -2.00. The quantitative estimate of drug-likeness (QED) is 0.617. The van der Waals surface area contributed by atoms with Gasteiger partial charge in [0, 0.05) is 4.88 Å². The predicted octanol–water partition coefficient (Wildman–Crippen LogP) is 3.13. The summed E-state index contributed by atoms with van der Waals surface area (Å²) in [5.74, 6) is 3.10. The molecule has 1 unspecified atom stereocenters. The molecular formula is C8H6S2. The zero-order valence-electron chi connectivity index (χ0n) is 5.28. The first-order chi connectivity index (χ1) is 4.97. The maximum Gasteiger partial charge on any atom is 0.0747 e. The van der Waals surface area contributed by atoms with E-state index in [0.29, 0.717) is 5.25 Å². The summed E-state index contributed by atoms with van der Waals surface area (Å²) in [5, 5.41) is 2.65. The smallest absolute Gasteiger partial charge is 0.0747 e. The molecule has 1 atom stereocenters. The van der Waals surface area contributed by atoms with E-state index in [1.807, 2.05) is 17.4 Å². The third-order valence-corrected chi connectivity index (χ3v) is 3.40. The number of thiophene rings is 1. The zero-order valence-corrected chi connectivity index (χ0v) is 6.91. The van der Waals surface area contributed by atoms with Gasteiger partial charge in [-0.15, -0.1) is 23.1 Å². The van der Waals surface area contributed by atoms with Gasteiger partial charge in [0.1, 0.15) is 0 Å². The molecule has 1 aliphatic rings. The van der Waals surface area contributed by atoms with Crippen molar-refractivity contribution in [2.24, 2.45) is 0 Å². The van der Waals surface area contributed by atoms with Crippen LogP contribution in [0.25, 0.3) is 0 Å². The van der Waals surface area contributed by atoms with Gasteiger partial charge in [0.05, 0.1) is 11.0 Å². The van der Waals surface area contributed by atoms with Crippen molar-refractivity contribution in [1.29, 1.82) is 0 Å². The Morgan fingerprint density at radius 3 is 3.10 bits per heavy atom. The largest absolute Gasteiger partial charge is 0.147 e. The summed E-state index contributed by atoms with van der Waals surface area (Å²) < 4.78 is 0. The maximum atomic E-state index is 3.10. The molecule has 10 heavy (non-hydrogen) atoms. The van der Waals surface area contributed by atoms with Crippen molar-refractivity contribution < 1.29 is 0 Å². The number of thioether (sulfide) groups is 1. The van der Waals surface area contributed by atoms with E-state index in [1.54, 1.807) is 11.8 Å². The monoisotopic (exact) mass is 166 g/mol. The van der Waals surface area contributed by atoms with Crippen molar-refractivity contribution in [2.45, 2.75) is 5.25 Å². The van der Waals surface area contributed by atoms with Crippen molar-refractivity contribution in [3.05, 3.63) is 40.3 Å². The lowest BCUT2D eigenvalue weighted by atomic mass is 10.3. The van der Waals surface area contributed by atoms with Crippen LogP contribution in [0.3, 0.4) is 0 Å². The topological polar surface area (TPSA) is 0 Å². The van der Waals surface area contributed by atoms with Gasteiger partial charge in [-0.25, -0.2) is 0 Å². The molecule has 1 aromatic rings. The molecule has 2 radical (unpaired) electrons. The van der Waals surface area contributed by atoms with Gasteiger partial charge in [0.15, 0.2) is 0 Å². The lowest BCUT2D eigenvalue weighted by molar-refractivity contribution is 1.32. The molecule has 0 spiro atoms. The average molecular weight is 166 g/mol. The van der Waals surface area contributed by atoms with Crippen LogP contribution in [0.1, 0.15) is 10.1 Å². The van der Waals surface area contributed by atoms with Gasteiger partial charge in [-0.05, 0) is 11.4 Å². The van der Waals surface area contributed by atoms with Gasteiger partial charge >= 0.3 is 0 Å². The van der Waals surface area contributed by atoms with Crippen molar-refractivity contribution in [1.82, 2.24) is 0 Å². The third-order valence-electron chi connectivity index (χ3n) is 1.36. The van der Waals surface area contributed by atoms with Crippen LogP contribution in [0, 0.1) is 5.75 Å². The van der Waals surface area contributed by atoms with E-state index in [-0.39, 0.29) is 0 Å². The Balaban J connectivity index is 2.20. The van der Waals surface area contributed by atoms with Gasteiger partial charge in [-0.2, -0.15) is 0 Å². The highest BCUT2D eigenvalue weighted by molar-refractivity contribution is 8.02. The van der Waals surface area contributed by atoms with Crippen LogP contribution in [0.2, 0.25) is 0 Å². The third kappa shape index (κ3) is 1.13. The molecule has 0 saturated carbocycles. The Morgan fingerprint density at radius 1 is 1.50 bits per heavy atom. The highest BCUT2D eigenvalue weighted by Gasteiger charge is 2.12. The van der Waals surface area contributed by atoms with E-state index in [2.05, 4.69) is 29.3 Å². The molecule has 0 aromatic carbocycles. The van der Waals surface area contributed by atoms with E-state index in [0.717, 1.165) is 0 Å². The Bertz CT molecular complexity index is 223. The first-order valence-electron chi connectivity index (χ1n) is 3.08. The highest BCUT2D eigenvalue weighted by Crippen LogP contribution is 2.39. The second-order valence-corrected chi connectivity index (χ2v) is 3.99. The molecule has 1 aliphatic heterocycles. The Morgan fingerprint density at radius 2 is 2.50 bits per heavy atom.